The van der Waals surface area contributed by atoms with Crippen LogP contribution in [0.15, 0.2) is 42.5 Å². The van der Waals surface area contributed by atoms with Gasteiger partial charge in [0.05, 0.1) is 16.0 Å². The largest absolute Gasteiger partial charge is 0.392 e. The summed E-state index contributed by atoms with van der Waals surface area (Å²) in [6, 6.07) is 14.8. The molecule has 0 saturated heterocycles. The smallest absolute Gasteiger partial charge is 0.0682 e. The predicted octanol–water partition coefficient (Wildman–Crippen LogP) is 4.76. The van der Waals surface area contributed by atoms with Gasteiger partial charge in [-0.15, -0.1) is 22.7 Å². The third-order valence-corrected chi connectivity index (χ3v) is 5.75. The summed E-state index contributed by atoms with van der Waals surface area (Å²) in [6.07, 6.45) is 0. The third-order valence-electron chi connectivity index (χ3n) is 3.24. The van der Waals surface area contributed by atoms with Gasteiger partial charge in [0.25, 0.3) is 0 Å². The highest BCUT2D eigenvalue weighted by Crippen LogP contribution is 2.44. The van der Waals surface area contributed by atoms with Crippen LogP contribution in [0.25, 0.3) is 29.6 Å². The van der Waals surface area contributed by atoms with E-state index in [4.69, 9.17) is 0 Å². The zero-order chi connectivity index (χ0) is 12.1. The number of fused-ring (bicyclic) bond motifs is 5. The van der Waals surface area contributed by atoms with E-state index in [9.17, 15) is 5.11 Å². The molecule has 0 atom stereocenters. The highest BCUT2D eigenvalue weighted by Gasteiger charge is 2.11. The van der Waals surface area contributed by atoms with E-state index in [2.05, 4.69) is 36.4 Å². The van der Waals surface area contributed by atoms with Gasteiger partial charge in [-0.2, -0.15) is 0 Å². The molecule has 0 spiro atoms. The van der Waals surface area contributed by atoms with Crippen LogP contribution in [0.4, 0.5) is 0 Å². The van der Waals surface area contributed by atoms with E-state index in [0.29, 0.717) is 0 Å². The van der Waals surface area contributed by atoms with Crippen molar-refractivity contribution in [3.05, 3.63) is 48.0 Å². The second-order valence-corrected chi connectivity index (χ2v) is 6.45. The molecule has 4 aromatic rings. The van der Waals surface area contributed by atoms with Crippen LogP contribution >= 0.6 is 22.7 Å². The Hall–Kier alpha value is -1.42. The lowest BCUT2D eigenvalue weighted by Crippen LogP contribution is -1.79. The molecule has 3 heteroatoms. The molecule has 0 amide bonds. The molecule has 2 aromatic heterocycles. The van der Waals surface area contributed by atoms with Gasteiger partial charge in [0, 0.05) is 20.2 Å². The van der Waals surface area contributed by atoms with E-state index in [1.165, 1.54) is 29.6 Å². The maximum Gasteiger partial charge on any atom is 0.0682 e. The van der Waals surface area contributed by atoms with Gasteiger partial charge in [-0.25, -0.2) is 0 Å². The summed E-state index contributed by atoms with van der Waals surface area (Å²) >= 11 is 3.69. The summed E-state index contributed by atoms with van der Waals surface area (Å²) in [6.45, 7) is 0.113. The van der Waals surface area contributed by atoms with Gasteiger partial charge in [-0.1, -0.05) is 30.3 Å². The standard InChI is InChI=1S/C15H10OS2/c16-8-9-5-6-11-13(7-9)18-14-10-3-1-2-4-12(10)17-15(11)14/h1-7,16H,8H2. The van der Waals surface area contributed by atoms with Crippen LogP contribution in [0.5, 0.6) is 0 Å². The lowest BCUT2D eigenvalue weighted by atomic mass is 10.2. The van der Waals surface area contributed by atoms with Crippen molar-refractivity contribution in [3.8, 4) is 0 Å². The Morgan fingerprint density at radius 3 is 2.39 bits per heavy atom. The number of rotatable bonds is 1. The SMILES string of the molecule is OCc1ccc2c(c1)sc1c3ccccc3sc21. The molecule has 0 radical (unpaired) electrons. The minimum absolute atomic E-state index is 0.113. The van der Waals surface area contributed by atoms with E-state index < -0.39 is 0 Å². The van der Waals surface area contributed by atoms with Crippen molar-refractivity contribution in [3.63, 3.8) is 0 Å². The average Bonchev–Trinajstić information content (AvgIpc) is 2.93. The Morgan fingerprint density at radius 2 is 1.56 bits per heavy atom. The second-order valence-electron chi connectivity index (χ2n) is 4.35. The van der Waals surface area contributed by atoms with E-state index in [1.54, 1.807) is 0 Å². The first-order valence-electron chi connectivity index (χ1n) is 5.80. The highest BCUT2D eigenvalue weighted by molar-refractivity contribution is 7.36. The fourth-order valence-electron chi connectivity index (χ4n) is 2.35. The molecule has 0 aliphatic carbocycles. The van der Waals surface area contributed by atoms with Crippen molar-refractivity contribution < 1.29 is 5.11 Å². The Bertz CT molecular complexity index is 870. The van der Waals surface area contributed by atoms with E-state index >= 15 is 0 Å². The molecule has 88 valence electrons. The Morgan fingerprint density at radius 1 is 0.833 bits per heavy atom. The summed E-state index contributed by atoms with van der Waals surface area (Å²) < 4.78 is 5.38. The van der Waals surface area contributed by atoms with Gasteiger partial charge in [-0.3, -0.25) is 0 Å². The molecule has 0 saturated carbocycles. The fourth-order valence-corrected chi connectivity index (χ4v) is 5.06. The van der Waals surface area contributed by atoms with E-state index in [0.717, 1.165) is 5.56 Å². The van der Waals surface area contributed by atoms with Gasteiger partial charge in [0.2, 0.25) is 0 Å². The first kappa shape index (κ1) is 10.5. The predicted molar refractivity (Wildman–Crippen MR) is 80.6 cm³/mol. The van der Waals surface area contributed by atoms with Crippen LogP contribution in [0.3, 0.4) is 0 Å². The monoisotopic (exact) mass is 270 g/mol. The van der Waals surface area contributed by atoms with Gasteiger partial charge in [0.1, 0.15) is 0 Å². The lowest BCUT2D eigenvalue weighted by molar-refractivity contribution is 0.282. The third kappa shape index (κ3) is 1.35. The highest BCUT2D eigenvalue weighted by atomic mass is 32.1. The van der Waals surface area contributed by atoms with E-state index in [1.807, 2.05) is 28.7 Å². The van der Waals surface area contributed by atoms with Gasteiger partial charge >= 0.3 is 0 Å². The van der Waals surface area contributed by atoms with Crippen LogP contribution in [0, 0.1) is 0 Å². The Balaban J connectivity index is 2.18. The maximum atomic E-state index is 9.20. The zero-order valence-corrected chi connectivity index (χ0v) is 11.1. The molecule has 2 heterocycles. The van der Waals surface area contributed by atoms with Crippen molar-refractivity contribution in [1.82, 2.24) is 0 Å². The molecule has 2 aromatic carbocycles. The summed E-state index contributed by atoms with van der Waals surface area (Å²) in [5.74, 6) is 0. The van der Waals surface area contributed by atoms with Crippen molar-refractivity contribution in [1.29, 1.82) is 0 Å². The van der Waals surface area contributed by atoms with Crippen LogP contribution < -0.4 is 0 Å². The maximum absolute atomic E-state index is 9.20. The minimum Gasteiger partial charge on any atom is -0.392 e. The molecule has 0 aliphatic rings. The van der Waals surface area contributed by atoms with E-state index in [-0.39, 0.29) is 6.61 Å². The van der Waals surface area contributed by atoms with Crippen molar-refractivity contribution in [2.24, 2.45) is 0 Å². The Labute approximate surface area is 112 Å². The number of hydrogen-bond donors (Lipinski definition) is 1. The number of aliphatic hydroxyl groups is 1. The van der Waals surface area contributed by atoms with Crippen LogP contribution in [-0.2, 0) is 6.61 Å². The van der Waals surface area contributed by atoms with Gasteiger partial charge < -0.3 is 5.11 Å². The second kappa shape index (κ2) is 3.79. The normalized spacial score (nSPS) is 11.8. The summed E-state index contributed by atoms with van der Waals surface area (Å²) in [7, 11) is 0. The van der Waals surface area contributed by atoms with Gasteiger partial charge in [0.15, 0.2) is 0 Å². The lowest BCUT2D eigenvalue weighted by Gasteiger charge is -1.95. The van der Waals surface area contributed by atoms with Gasteiger partial charge in [-0.05, 0) is 17.7 Å². The molecule has 0 bridgehead atoms. The summed E-state index contributed by atoms with van der Waals surface area (Å²) in [5.41, 5.74) is 0.987. The summed E-state index contributed by atoms with van der Waals surface area (Å²) in [5, 5.41) is 11.9. The van der Waals surface area contributed by atoms with Crippen molar-refractivity contribution in [2.45, 2.75) is 6.61 Å². The minimum atomic E-state index is 0.113. The summed E-state index contributed by atoms with van der Waals surface area (Å²) in [4.78, 5) is 0. The first-order valence-corrected chi connectivity index (χ1v) is 7.43. The number of thiophene rings is 2. The molecule has 4 rings (SSSR count). The molecule has 18 heavy (non-hydrogen) atoms. The van der Waals surface area contributed by atoms with Crippen LogP contribution in [-0.4, -0.2) is 5.11 Å². The topological polar surface area (TPSA) is 20.2 Å². The van der Waals surface area contributed by atoms with Crippen LogP contribution in [0.2, 0.25) is 0 Å². The fraction of sp³-hybridized carbons (Fsp3) is 0.0667. The molecule has 1 nitrogen and oxygen atoms in total. The molecule has 0 unspecified atom stereocenters. The van der Waals surface area contributed by atoms with Crippen molar-refractivity contribution in [2.75, 3.05) is 0 Å². The molecular weight excluding hydrogens is 260 g/mol. The first-order chi connectivity index (χ1) is 8.86. The quantitative estimate of drug-likeness (QED) is 0.528. The average molecular weight is 270 g/mol. The number of benzene rings is 2. The molecular formula is C15H10OS2. The Kier molecular flexibility index (Phi) is 2.21. The molecule has 1 N–H and O–H groups in total. The number of aliphatic hydroxyl groups excluding tert-OH is 1. The number of hydrogen-bond acceptors (Lipinski definition) is 3. The molecule has 0 aliphatic heterocycles. The van der Waals surface area contributed by atoms with Crippen LogP contribution in [0.1, 0.15) is 5.56 Å². The molecule has 0 fully saturated rings. The zero-order valence-electron chi connectivity index (χ0n) is 9.51. The van der Waals surface area contributed by atoms with Crippen molar-refractivity contribution >= 4 is 52.2 Å².